The summed E-state index contributed by atoms with van der Waals surface area (Å²) in [6.45, 7) is 7.65. The first-order valence-electron chi connectivity index (χ1n) is 7.30. The molecule has 2 aliphatic rings. The largest absolute Gasteiger partial charge is 0.474 e. The molecule has 0 aromatic carbocycles. The Hall–Kier alpha value is -1.09. The number of hydrogen-bond acceptors (Lipinski definition) is 3. The van der Waals surface area contributed by atoms with E-state index in [1.165, 1.54) is 12.8 Å². The molecule has 2 saturated carbocycles. The second-order valence-corrected chi connectivity index (χ2v) is 6.89. The highest BCUT2D eigenvalue weighted by atomic mass is 16.5. The minimum atomic E-state index is 0.276. The van der Waals surface area contributed by atoms with Gasteiger partial charge in [-0.1, -0.05) is 26.8 Å². The van der Waals surface area contributed by atoms with Crippen molar-refractivity contribution in [3.63, 3.8) is 0 Å². The van der Waals surface area contributed by atoms with Crippen LogP contribution in [0.3, 0.4) is 0 Å². The summed E-state index contributed by atoms with van der Waals surface area (Å²) in [4.78, 5) is 4.47. The Balaban J connectivity index is 1.82. The van der Waals surface area contributed by atoms with Crippen molar-refractivity contribution in [2.75, 3.05) is 0 Å². The van der Waals surface area contributed by atoms with E-state index >= 15 is 0 Å². The number of rotatable bonds is 3. The Labute approximate surface area is 115 Å². The first-order valence-corrected chi connectivity index (χ1v) is 7.30. The fourth-order valence-corrected chi connectivity index (χ4v) is 4.09. The zero-order chi connectivity index (χ0) is 13.7. The first kappa shape index (κ1) is 12.9. The number of aromatic nitrogens is 1. The molecule has 0 saturated heterocycles. The molecule has 2 fully saturated rings. The number of nitrogens with zero attached hydrogens (tertiary/aromatic N) is 1. The summed E-state index contributed by atoms with van der Waals surface area (Å²) in [5, 5.41) is 0. The fourth-order valence-electron chi connectivity index (χ4n) is 4.09. The predicted molar refractivity (Wildman–Crippen MR) is 75.8 cm³/mol. The van der Waals surface area contributed by atoms with Gasteiger partial charge in [-0.05, 0) is 36.7 Å². The molecule has 3 unspecified atom stereocenters. The van der Waals surface area contributed by atoms with Crippen LogP contribution in [0.5, 0.6) is 5.88 Å². The third-order valence-electron chi connectivity index (χ3n) is 5.97. The standard InChI is InChI=1S/C16H24N2O/c1-15(2)11-7-8-16(15,3)13(9-11)19-14-6-4-5-12(10-17)18-14/h4-6,11,13H,7-10,17H2,1-3H3. The normalized spacial score (nSPS) is 35.6. The third kappa shape index (κ3) is 1.78. The smallest absolute Gasteiger partial charge is 0.213 e. The van der Waals surface area contributed by atoms with Gasteiger partial charge in [-0.2, -0.15) is 0 Å². The molecule has 2 aliphatic carbocycles. The average Bonchev–Trinajstić information content (AvgIpc) is 2.72. The predicted octanol–water partition coefficient (Wildman–Crippen LogP) is 3.13. The molecule has 3 atom stereocenters. The van der Waals surface area contributed by atoms with Crippen molar-refractivity contribution in [1.82, 2.24) is 4.98 Å². The second kappa shape index (κ2) is 4.20. The van der Waals surface area contributed by atoms with Crippen LogP contribution >= 0.6 is 0 Å². The zero-order valence-electron chi connectivity index (χ0n) is 12.1. The van der Waals surface area contributed by atoms with E-state index in [0.717, 1.165) is 23.9 Å². The molecule has 3 nitrogen and oxygen atoms in total. The molecule has 1 aromatic rings. The highest BCUT2D eigenvalue weighted by Gasteiger charge is 2.62. The quantitative estimate of drug-likeness (QED) is 0.908. The van der Waals surface area contributed by atoms with Crippen LogP contribution in [0.4, 0.5) is 0 Å². The highest BCUT2D eigenvalue weighted by molar-refractivity contribution is 5.19. The lowest BCUT2D eigenvalue weighted by atomic mass is 9.70. The molecule has 2 bridgehead atoms. The van der Waals surface area contributed by atoms with Crippen molar-refractivity contribution >= 4 is 0 Å². The Morgan fingerprint density at radius 1 is 1.37 bits per heavy atom. The summed E-state index contributed by atoms with van der Waals surface area (Å²) in [6, 6.07) is 5.87. The van der Waals surface area contributed by atoms with Crippen molar-refractivity contribution in [3.8, 4) is 5.88 Å². The van der Waals surface area contributed by atoms with E-state index in [0.29, 0.717) is 18.1 Å². The molecule has 19 heavy (non-hydrogen) atoms. The van der Waals surface area contributed by atoms with E-state index in [4.69, 9.17) is 10.5 Å². The lowest BCUT2D eigenvalue weighted by Crippen LogP contribution is -2.39. The van der Waals surface area contributed by atoms with Crippen molar-refractivity contribution in [2.45, 2.75) is 52.7 Å². The number of nitrogens with two attached hydrogens (primary N) is 1. The Kier molecular flexibility index (Phi) is 2.86. The minimum Gasteiger partial charge on any atom is -0.474 e. The number of hydrogen-bond donors (Lipinski definition) is 1. The van der Waals surface area contributed by atoms with Gasteiger partial charge in [0.1, 0.15) is 6.10 Å². The van der Waals surface area contributed by atoms with Crippen LogP contribution < -0.4 is 10.5 Å². The zero-order valence-corrected chi connectivity index (χ0v) is 12.1. The lowest BCUT2D eigenvalue weighted by Gasteiger charge is -2.38. The maximum Gasteiger partial charge on any atom is 0.213 e. The van der Waals surface area contributed by atoms with Crippen LogP contribution in [0, 0.1) is 16.7 Å². The van der Waals surface area contributed by atoms with Gasteiger partial charge in [0, 0.05) is 18.0 Å². The second-order valence-electron chi connectivity index (χ2n) is 6.89. The molecule has 1 heterocycles. The van der Waals surface area contributed by atoms with Gasteiger partial charge in [-0.15, -0.1) is 0 Å². The van der Waals surface area contributed by atoms with Gasteiger partial charge < -0.3 is 10.5 Å². The van der Waals surface area contributed by atoms with E-state index in [1.54, 1.807) is 0 Å². The molecule has 3 rings (SSSR count). The molecule has 2 N–H and O–H groups in total. The molecule has 104 valence electrons. The van der Waals surface area contributed by atoms with Gasteiger partial charge >= 0.3 is 0 Å². The van der Waals surface area contributed by atoms with Gasteiger partial charge in [0.25, 0.3) is 0 Å². The molecule has 1 aromatic heterocycles. The average molecular weight is 260 g/mol. The van der Waals surface area contributed by atoms with Crippen LogP contribution in [-0.2, 0) is 6.54 Å². The van der Waals surface area contributed by atoms with Crippen molar-refractivity contribution < 1.29 is 4.74 Å². The van der Waals surface area contributed by atoms with Crippen molar-refractivity contribution in [2.24, 2.45) is 22.5 Å². The van der Waals surface area contributed by atoms with Gasteiger partial charge in [-0.3, -0.25) is 0 Å². The third-order valence-corrected chi connectivity index (χ3v) is 5.97. The SMILES string of the molecule is CC1(C)C2CCC1(C)C(Oc1cccc(CN)n1)C2. The monoisotopic (exact) mass is 260 g/mol. The summed E-state index contributed by atoms with van der Waals surface area (Å²) in [5.74, 6) is 1.53. The molecule has 0 aliphatic heterocycles. The highest BCUT2D eigenvalue weighted by Crippen LogP contribution is 2.66. The number of ether oxygens (including phenoxy) is 1. The molecule has 0 spiro atoms. The maximum atomic E-state index is 6.22. The molecular weight excluding hydrogens is 236 g/mol. The molecule has 3 heteroatoms. The fraction of sp³-hybridized carbons (Fsp3) is 0.688. The van der Waals surface area contributed by atoms with Gasteiger partial charge in [0.15, 0.2) is 0 Å². The van der Waals surface area contributed by atoms with E-state index in [2.05, 4.69) is 25.8 Å². The van der Waals surface area contributed by atoms with E-state index in [9.17, 15) is 0 Å². The number of fused-ring (bicyclic) bond motifs is 2. The van der Waals surface area contributed by atoms with E-state index in [1.807, 2.05) is 18.2 Å². The van der Waals surface area contributed by atoms with Crippen molar-refractivity contribution in [1.29, 1.82) is 0 Å². The maximum absolute atomic E-state index is 6.22. The molecule has 0 amide bonds. The molecular formula is C16H24N2O. The van der Waals surface area contributed by atoms with Crippen molar-refractivity contribution in [3.05, 3.63) is 23.9 Å². The minimum absolute atomic E-state index is 0.276. The van der Waals surface area contributed by atoms with Gasteiger partial charge in [-0.25, -0.2) is 4.98 Å². The molecule has 0 radical (unpaired) electrons. The van der Waals surface area contributed by atoms with Crippen LogP contribution in [0.15, 0.2) is 18.2 Å². The first-order chi connectivity index (χ1) is 8.97. The van der Waals surface area contributed by atoms with Crippen LogP contribution in [0.2, 0.25) is 0 Å². The number of pyridine rings is 1. The summed E-state index contributed by atoms with van der Waals surface area (Å²) < 4.78 is 6.22. The Bertz CT molecular complexity index is 485. The Morgan fingerprint density at radius 3 is 2.74 bits per heavy atom. The summed E-state index contributed by atoms with van der Waals surface area (Å²) >= 11 is 0. The summed E-state index contributed by atoms with van der Waals surface area (Å²) in [7, 11) is 0. The van der Waals surface area contributed by atoms with Gasteiger partial charge in [0.05, 0.1) is 5.69 Å². The van der Waals surface area contributed by atoms with Crippen LogP contribution in [-0.4, -0.2) is 11.1 Å². The van der Waals surface area contributed by atoms with Crippen LogP contribution in [0.25, 0.3) is 0 Å². The summed E-state index contributed by atoms with van der Waals surface area (Å²) in [6.07, 6.45) is 4.07. The van der Waals surface area contributed by atoms with Gasteiger partial charge in [0.2, 0.25) is 5.88 Å². The summed E-state index contributed by atoms with van der Waals surface area (Å²) in [5.41, 5.74) is 7.19. The van der Waals surface area contributed by atoms with E-state index < -0.39 is 0 Å². The van der Waals surface area contributed by atoms with E-state index in [-0.39, 0.29) is 5.41 Å². The topological polar surface area (TPSA) is 48.1 Å². The van der Waals surface area contributed by atoms with Crippen LogP contribution in [0.1, 0.15) is 45.7 Å². The Morgan fingerprint density at radius 2 is 2.16 bits per heavy atom. The lowest BCUT2D eigenvalue weighted by molar-refractivity contribution is 0.0272.